The summed E-state index contributed by atoms with van der Waals surface area (Å²) in [4.78, 5) is 23.6. The Kier molecular flexibility index (Phi) is 5.88. The third-order valence-corrected chi connectivity index (χ3v) is 4.69. The molecule has 1 aliphatic heterocycles. The van der Waals surface area contributed by atoms with E-state index in [1.54, 1.807) is 30.6 Å². The van der Waals surface area contributed by atoms with Gasteiger partial charge in [0.05, 0.1) is 10.7 Å². The molecule has 1 N–H and O–H groups in total. The van der Waals surface area contributed by atoms with Gasteiger partial charge >= 0.3 is 0 Å². The summed E-state index contributed by atoms with van der Waals surface area (Å²) < 4.78 is 1.47. The maximum Gasteiger partial charge on any atom is 0.258 e. The summed E-state index contributed by atoms with van der Waals surface area (Å²) in [6.45, 7) is 3.28. The molecule has 26 heavy (non-hydrogen) atoms. The van der Waals surface area contributed by atoms with Crippen LogP contribution in [0.4, 0.5) is 0 Å². The largest absolute Gasteiger partial charge is 0.314 e. The Labute approximate surface area is 162 Å². The molecule has 0 saturated carbocycles. The first-order valence-corrected chi connectivity index (χ1v) is 8.61. The van der Waals surface area contributed by atoms with Crippen LogP contribution in [0, 0.1) is 0 Å². The lowest BCUT2D eigenvalue weighted by Crippen LogP contribution is -2.45. The summed E-state index contributed by atoms with van der Waals surface area (Å²) in [5.74, 6) is 0. The smallest absolute Gasteiger partial charge is 0.258 e. The Morgan fingerprint density at radius 1 is 1.31 bits per heavy atom. The van der Waals surface area contributed by atoms with Crippen LogP contribution in [0.1, 0.15) is 17.3 Å². The number of nitrogens with one attached hydrogen (secondary N) is 1. The highest BCUT2D eigenvalue weighted by Gasteiger charge is 2.24. The summed E-state index contributed by atoms with van der Waals surface area (Å²) >= 11 is 5.96. The van der Waals surface area contributed by atoms with Gasteiger partial charge in [-0.15, -0.1) is 12.4 Å². The van der Waals surface area contributed by atoms with Crippen LogP contribution in [0.5, 0.6) is 0 Å². The summed E-state index contributed by atoms with van der Waals surface area (Å²) in [6.07, 6.45) is 5.27. The van der Waals surface area contributed by atoms with Gasteiger partial charge in [0.1, 0.15) is 5.65 Å². The van der Waals surface area contributed by atoms with Crippen molar-refractivity contribution in [1.82, 2.24) is 24.6 Å². The number of halogens is 2. The maximum atomic E-state index is 12.4. The summed E-state index contributed by atoms with van der Waals surface area (Å²) in [7, 11) is 0. The van der Waals surface area contributed by atoms with Gasteiger partial charge in [-0.05, 0) is 23.8 Å². The van der Waals surface area contributed by atoms with E-state index in [-0.39, 0.29) is 24.0 Å². The first-order valence-electron chi connectivity index (χ1n) is 8.23. The summed E-state index contributed by atoms with van der Waals surface area (Å²) in [5, 5.41) is 3.94. The highest BCUT2D eigenvalue weighted by molar-refractivity contribution is 6.30. The summed E-state index contributed by atoms with van der Waals surface area (Å²) in [6, 6.07) is 9.36. The number of pyridine rings is 2. The zero-order valence-electron chi connectivity index (χ0n) is 14.0. The molecule has 1 unspecified atom stereocenters. The van der Waals surface area contributed by atoms with Gasteiger partial charge in [0.15, 0.2) is 0 Å². The average Bonchev–Trinajstić information content (AvgIpc) is 2.64. The van der Waals surface area contributed by atoms with E-state index < -0.39 is 0 Å². The van der Waals surface area contributed by atoms with Crippen molar-refractivity contribution < 1.29 is 0 Å². The average molecular weight is 392 g/mol. The minimum absolute atomic E-state index is 0. The topological polar surface area (TPSA) is 62.5 Å². The molecule has 0 aliphatic carbocycles. The highest BCUT2D eigenvalue weighted by atomic mass is 35.5. The standard InChI is InChI=1S/C18H18ClN5O.ClH/c19-14-3-4-17-22-15(8-18(25)24(17)11-14)12-23-7-6-21-10-16(23)13-2-1-5-20-9-13;/h1-5,8-9,11,16,21H,6-7,10,12H2;1H. The molecule has 4 rings (SSSR count). The third kappa shape index (κ3) is 3.88. The second kappa shape index (κ2) is 8.14. The zero-order valence-corrected chi connectivity index (χ0v) is 15.6. The third-order valence-electron chi connectivity index (χ3n) is 4.47. The van der Waals surface area contributed by atoms with E-state index in [2.05, 4.69) is 26.3 Å². The number of aromatic nitrogens is 3. The van der Waals surface area contributed by atoms with Gasteiger partial charge in [0.2, 0.25) is 0 Å². The molecule has 3 aromatic heterocycles. The van der Waals surface area contributed by atoms with E-state index in [1.165, 1.54) is 9.96 Å². The summed E-state index contributed by atoms with van der Waals surface area (Å²) in [5.41, 5.74) is 2.43. The molecule has 4 heterocycles. The van der Waals surface area contributed by atoms with Crippen molar-refractivity contribution in [2.45, 2.75) is 12.6 Å². The fourth-order valence-electron chi connectivity index (χ4n) is 3.25. The molecule has 0 aromatic carbocycles. The van der Waals surface area contributed by atoms with Crippen molar-refractivity contribution in [2.75, 3.05) is 19.6 Å². The molecular formula is C18H19Cl2N5O. The molecule has 1 fully saturated rings. The SMILES string of the molecule is Cl.O=c1cc(CN2CCNCC2c2cccnc2)nc2ccc(Cl)cn12. The number of hydrogen-bond acceptors (Lipinski definition) is 5. The Balaban J connectivity index is 0.00000196. The van der Waals surface area contributed by atoms with Crippen molar-refractivity contribution >= 4 is 29.7 Å². The van der Waals surface area contributed by atoms with Crippen LogP contribution in [0.15, 0.2) is 53.7 Å². The maximum absolute atomic E-state index is 12.4. The van der Waals surface area contributed by atoms with Gasteiger partial charge in [-0.2, -0.15) is 0 Å². The van der Waals surface area contributed by atoms with Crippen LogP contribution in [0.25, 0.3) is 5.65 Å². The molecule has 3 aromatic rings. The van der Waals surface area contributed by atoms with Crippen molar-refractivity contribution in [2.24, 2.45) is 0 Å². The van der Waals surface area contributed by atoms with Gasteiger partial charge in [-0.3, -0.25) is 19.1 Å². The number of piperazine rings is 1. The number of hydrogen-bond donors (Lipinski definition) is 1. The Morgan fingerprint density at radius 2 is 2.19 bits per heavy atom. The second-order valence-electron chi connectivity index (χ2n) is 6.14. The molecule has 0 spiro atoms. The van der Waals surface area contributed by atoms with Crippen LogP contribution in [-0.2, 0) is 6.54 Å². The van der Waals surface area contributed by atoms with Crippen LogP contribution < -0.4 is 10.9 Å². The first kappa shape index (κ1) is 18.8. The van der Waals surface area contributed by atoms with Crippen molar-refractivity contribution in [3.05, 3.63) is 75.6 Å². The predicted molar refractivity (Wildman–Crippen MR) is 104 cm³/mol. The Hall–Kier alpha value is -1.99. The molecule has 1 aliphatic rings. The molecule has 1 saturated heterocycles. The zero-order chi connectivity index (χ0) is 17.2. The minimum atomic E-state index is -0.115. The molecule has 136 valence electrons. The molecule has 0 amide bonds. The predicted octanol–water partition coefficient (Wildman–Crippen LogP) is 2.31. The van der Waals surface area contributed by atoms with Gasteiger partial charge in [-0.1, -0.05) is 17.7 Å². The highest BCUT2D eigenvalue weighted by Crippen LogP contribution is 2.23. The molecule has 8 heteroatoms. The van der Waals surface area contributed by atoms with E-state index in [4.69, 9.17) is 11.6 Å². The number of fused-ring (bicyclic) bond motifs is 1. The van der Waals surface area contributed by atoms with E-state index in [0.29, 0.717) is 17.2 Å². The van der Waals surface area contributed by atoms with Crippen molar-refractivity contribution in [3.8, 4) is 0 Å². The quantitative estimate of drug-likeness (QED) is 0.741. The Morgan fingerprint density at radius 3 is 3.00 bits per heavy atom. The fraction of sp³-hybridized carbons (Fsp3) is 0.278. The number of rotatable bonds is 3. The molecule has 6 nitrogen and oxygen atoms in total. The van der Waals surface area contributed by atoms with Crippen LogP contribution in [0.3, 0.4) is 0 Å². The van der Waals surface area contributed by atoms with E-state index in [9.17, 15) is 4.79 Å². The van der Waals surface area contributed by atoms with Crippen molar-refractivity contribution in [3.63, 3.8) is 0 Å². The van der Waals surface area contributed by atoms with Gasteiger partial charge in [0.25, 0.3) is 5.56 Å². The van der Waals surface area contributed by atoms with E-state index in [0.717, 1.165) is 25.3 Å². The molecular weight excluding hydrogens is 373 g/mol. The lowest BCUT2D eigenvalue weighted by Gasteiger charge is -2.36. The number of nitrogens with zero attached hydrogens (tertiary/aromatic N) is 4. The van der Waals surface area contributed by atoms with E-state index >= 15 is 0 Å². The van der Waals surface area contributed by atoms with E-state index in [1.807, 2.05) is 12.3 Å². The lowest BCUT2D eigenvalue weighted by atomic mass is 10.1. The van der Waals surface area contributed by atoms with Crippen LogP contribution in [0.2, 0.25) is 5.02 Å². The second-order valence-corrected chi connectivity index (χ2v) is 6.57. The van der Waals surface area contributed by atoms with Crippen molar-refractivity contribution in [1.29, 1.82) is 0 Å². The van der Waals surface area contributed by atoms with Crippen LogP contribution in [-0.4, -0.2) is 38.9 Å². The van der Waals surface area contributed by atoms with Gasteiger partial charge in [0, 0.05) is 56.9 Å². The van der Waals surface area contributed by atoms with Crippen LogP contribution >= 0.6 is 24.0 Å². The molecule has 0 radical (unpaired) electrons. The van der Waals surface area contributed by atoms with Gasteiger partial charge in [-0.25, -0.2) is 4.98 Å². The minimum Gasteiger partial charge on any atom is -0.314 e. The lowest BCUT2D eigenvalue weighted by molar-refractivity contribution is 0.151. The monoisotopic (exact) mass is 391 g/mol. The molecule has 1 atom stereocenters. The fourth-order valence-corrected chi connectivity index (χ4v) is 3.41. The Bertz CT molecular complexity index is 947. The normalized spacial score (nSPS) is 17.8. The van der Waals surface area contributed by atoms with Gasteiger partial charge < -0.3 is 5.32 Å². The first-order chi connectivity index (χ1) is 12.2. The molecule has 0 bridgehead atoms.